The molecule has 3 aromatic heterocycles. The normalized spacial score (nSPS) is 12.3. The number of nitriles is 1. The molecule has 0 radical (unpaired) electrons. The summed E-state index contributed by atoms with van der Waals surface area (Å²) < 4.78 is 67.3. The lowest BCUT2D eigenvalue weighted by Gasteiger charge is -2.14. The van der Waals surface area contributed by atoms with Crippen LogP contribution >= 0.6 is 0 Å². The molecule has 0 aromatic carbocycles. The first-order valence-electron chi connectivity index (χ1n) is 8.98. The number of anilines is 1. The minimum Gasteiger partial charge on any atom is -0.383 e. The summed E-state index contributed by atoms with van der Waals surface area (Å²) in [7, 11) is -2.56. The van der Waals surface area contributed by atoms with E-state index in [1.165, 1.54) is 25.5 Å². The predicted octanol–water partition coefficient (Wildman–Crippen LogP) is 2.08. The molecule has 0 aliphatic carbocycles. The molecule has 0 saturated carbocycles. The van der Waals surface area contributed by atoms with Crippen LogP contribution in [0.1, 0.15) is 25.1 Å². The minimum absolute atomic E-state index is 0.158. The number of hydrogen-bond acceptors (Lipinski definition) is 7. The topological polar surface area (TPSA) is 137 Å². The van der Waals surface area contributed by atoms with Gasteiger partial charge in [0, 0.05) is 13.6 Å². The molecule has 0 bridgehead atoms. The molecular weight excluding hydrogens is 437 g/mol. The fourth-order valence-corrected chi connectivity index (χ4v) is 4.27. The number of imidazole rings is 1. The number of aryl methyl sites for hydroxylation is 1. The van der Waals surface area contributed by atoms with Gasteiger partial charge in [-0.15, -0.1) is 0 Å². The van der Waals surface area contributed by atoms with Gasteiger partial charge < -0.3 is 14.9 Å². The van der Waals surface area contributed by atoms with Crippen LogP contribution in [0, 0.1) is 11.3 Å². The first-order valence-corrected chi connectivity index (χ1v) is 10.6. The van der Waals surface area contributed by atoms with Crippen LogP contribution in [0.4, 0.5) is 19.0 Å². The van der Waals surface area contributed by atoms with Gasteiger partial charge in [0.2, 0.25) is 0 Å². The van der Waals surface area contributed by atoms with Crippen molar-refractivity contribution < 1.29 is 21.6 Å². The average Bonchev–Trinajstić information content (AvgIpc) is 3.03. The molecule has 0 amide bonds. The first kappa shape index (κ1) is 22.3. The summed E-state index contributed by atoms with van der Waals surface area (Å²) in [5, 5.41) is 9.18. The molecule has 0 atom stereocenters. The molecule has 164 valence electrons. The lowest BCUT2D eigenvalue weighted by molar-refractivity contribution is -0.144. The second kappa shape index (κ2) is 7.38. The van der Waals surface area contributed by atoms with E-state index in [0.717, 1.165) is 12.1 Å². The summed E-state index contributed by atoms with van der Waals surface area (Å²) in [5.74, 6) is -0.778. The van der Waals surface area contributed by atoms with Crippen LogP contribution in [0.5, 0.6) is 0 Å². The highest BCUT2D eigenvalue weighted by atomic mass is 32.2. The predicted molar refractivity (Wildman–Crippen MR) is 106 cm³/mol. The van der Waals surface area contributed by atoms with Gasteiger partial charge in [-0.2, -0.15) is 18.4 Å². The van der Waals surface area contributed by atoms with Gasteiger partial charge in [-0.25, -0.2) is 18.4 Å². The van der Waals surface area contributed by atoms with Crippen molar-refractivity contribution in [2.75, 3.05) is 11.5 Å². The number of sulfone groups is 1. The largest absolute Gasteiger partial charge is 0.431 e. The third kappa shape index (κ3) is 3.52. The Kier molecular flexibility index (Phi) is 5.31. The van der Waals surface area contributed by atoms with Gasteiger partial charge in [0.25, 0.3) is 5.56 Å². The van der Waals surface area contributed by atoms with E-state index in [-0.39, 0.29) is 51.1 Å². The molecule has 0 aliphatic heterocycles. The van der Waals surface area contributed by atoms with Crippen molar-refractivity contribution >= 4 is 26.7 Å². The smallest absolute Gasteiger partial charge is 0.383 e. The molecule has 0 spiro atoms. The Morgan fingerprint density at radius 3 is 2.39 bits per heavy atom. The Labute approximate surface area is 174 Å². The molecular formula is C18H17F3N6O3S. The maximum Gasteiger partial charge on any atom is 0.431 e. The van der Waals surface area contributed by atoms with Gasteiger partial charge in [-0.05, 0) is 19.1 Å². The zero-order valence-corrected chi connectivity index (χ0v) is 17.5. The molecule has 0 aliphatic rings. The lowest BCUT2D eigenvalue weighted by atomic mass is 10.2. The van der Waals surface area contributed by atoms with E-state index in [1.807, 2.05) is 0 Å². The fraction of sp³-hybridized carbons (Fsp3) is 0.333. The number of rotatable bonds is 4. The van der Waals surface area contributed by atoms with E-state index in [4.69, 9.17) is 5.73 Å². The SMILES string of the molecule is CCn1c(C(F)(F)F)cc2nc(-c3nc(N)c(C#N)cc3S(=O)(=O)CC)n(C)c2c1=O. The number of nitrogens with zero attached hydrogens (tertiary/aromatic N) is 5. The van der Waals surface area contributed by atoms with Gasteiger partial charge in [0.05, 0.1) is 21.7 Å². The first-order chi connectivity index (χ1) is 14.4. The summed E-state index contributed by atoms with van der Waals surface area (Å²) in [6.45, 7) is 2.54. The fourth-order valence-electron chi connectivity index (χ4n) is 3.23. The number of pyridine rings is 2. The third-order valence-electron chi connectivity index (χ3n) is 4.81. The number of halogens is 3. The number of fused-ring (bicyclic) bond motifs is 1. The molecule has 0 saturated heterocycles. The van der Waals surface area contributed by atoms with Gasteiger partial charge in [-0.3, -0.25) is 4.79 Å². The van der Waals surface area contributed by atoms with Gasteiger partial charge in [-0.1, -0.05) is 6.92 Å². The van der Waals surface area contributed by atoms with Crippen molar-refractivity contribution in [3.05, 3.63) is 33.7 Å². The highest BCUT2D eigenvalue weighted by molar-refractivity contribution is 7.91. The Morgan fingerprint density at radius 1 is 1.23 bits per heavy atom. The Balaban J connectivity index is 2.47. The monoisotopic (exact) mass is 454 g/mol. The van der Waals surface area contributed by atoms with E-state index in [0.29, 0.717) is 4.57 Å². The Hall–Kier alpha value is -3.40. The summed E-state index contributed by atoms with van der Waals surface area (Å²) in [4.78, 5) is 20.5. The molecule has 2 N–H and O–H groups in total. The number of hydrogen-bond donors (Lipinski definition) is 1. The van der Waals surface area contributed by atoms with Gasteiger partial charge in [0.15, 0.2) is 15.7 Å². The molecule has 3 heterocycles. The summed E-state index contributed by atoms with van der Waals surface area (Å²) in [6.07, 6.45) is -4.80. The van der Waals surface area contributed by atoms with Crippen molar-refractivity contribution in [3.63, 3.8) is 0 Å². The molecule has 9 nitrogen and oxygen atoms in total. The highest BCUT2D eigenvalue weighted by Crippen LogP contribution is 2.33. The van der Waals surface area contributed by atoms with Gasteiger partial charge in [0.1, 0.15) is 28.8 Å². The Morgan fingerprint density at radius 2 is 1.87 bits per heavy atom. The third-order valence-corrected chi connectivity index (χ3v) is 6.55. The second-order valence-corrected chi connectivity index (χ2v) is 8.83. The quantitative estimate of drug-likeness (QED) is 0.637. The average molecular weight is 454 g/mol. The van der Waals surface area contributed by atoms with Crippen molar-refractivity contribution in [1.29, 1.82) is 5.26 Å². The van der Waals surface area contributed by atoms with Crippen LogP contribution in [0.3, 0.4) is 0 Å². The van der Waals surface area contributed by atoms with Crippen molar-refractivity contribution in [2.45, 2.75) is 31.5 Å². The molecule has 31 heavy (non-hydrogen) atoms. The van der Waals surface area contributed by atoms with E-state index < -0.39 is 27.3 Å². The van der Waals surface area contributed by atoms with Crippen LogP contribution in [-0.4, -0.2) is 33.3 Å². The second-order valence-electron chi connectivity index (χ2n) is 6.59. The molecule has 3 aromatic rings. The van der Waals surface area contributed by atoms with Crippen molar-refractivity contribution in [2.24, 2.45) is 7.05 Å². The number of nitrogens with two attached hydrogens (primary N) is 1. The highest BCUT2D eigenvalue weighted by Gasteiger charge is 2.36. The molecule has 3 rings (SSSR count). The zero-order chi connectivity index (χ0) is 23.3. The number of aromatic nitrogens is 4. The van der Waals surface area contributed by atoms with E-state index in [2.05, 4.69) is 9.97 Å². The van der Waals surface area contributed by atoms with Crippen LogP contribution in [0.2, 0.25) is 0 Å². The van der Waals surface area contributed by atoms with Crippen LogP contribution < -0.4 is 11.3 Å². The van der Waals surface area contributed by atoms with E-state index >= 15 is 0 Å². The van der Waals surface area contributed by atoms with Crippen molar-refractivity contribution in [1.82, 2.24) is 19.1 Å². The van der Waals surface area contributed by atoms with Crippen LogP contribution in [0.25, 0.3) is 22.6 Å². The van der Waals surface area contributed by atoms with E-state index in [1.54, 1.807) is 6.07 Å². The summed E-state index contributed by atoms with van der Waals surface area (Å²) in [6, 6.07) is 3.51. The summed E-state index contributed by atoms with van der Waals surface area (Å²) in [5.41, 5.74) is 2.77. The van der Waals surface area contributed by atoms with Gasteiger partial charge >= 0.3 is 6.18 Å². The molecule has 0 unspecified atom stereocenters. The van der Waals surface area contributed by atoms with Crippen molar-refractivity contribution in [3.8, 4) is 17.6 Å². The standard InChI is InChI=1S/C18H17F3N6O3S/c1-4-27-12(18(19,20)21)7-10-14(17(27)28)26(3)16(24-10)13-11(31(29,30)5-2)6-9(8-22)15(23)25-13/h6-7H,4-5H2,1-3H3,(H2,23,25). The zero-order valence-electron chi connectivity index (χ0n) is 16.6. The number of alkyl halides is 3. The maximum atomic E-state index is 13.4. The minimum atomic E-state index is -4.80. The maximum absolute atomic E-state index is 13.4. The Bertz CT molecular complexity index is 1410. The molecule has 13 heteroatoms. The molecule has 0 fully saturated rings. The van der Waals surface area contributed by atoms with Crippen LogP contribution in [0.15, 0.2) is 21.8 Å². The summed E-state index contributed by atoms with van der Waals surface area (Å²) >= 11 is 0. The number of nitrogen functional groups attached to an aromatic ring is 1. The van der Waals surface area contributed by atoms with Crippen LogP contribution in [-0.2, 0) is 29.6 Å². The van der Waals surface area contributed by atoms with E-state index in [9.17, 15) is 31.6 Å². The lowest BCUT2D eigenvalue weighted by Crippen LogP contribution is -2.28.